The van der Waals surface area contributed by atoms with Gasteiger partial charge in [0.2, 0.25) is 0 Å². The van der Waals surface area contributed by atoms with Gasteiger partial charge >= 0.3 is 0 Å². The molecule has 110 valence electrons. The van der Waals surface area contributed by atoms with Crippen LogP contribution in [0.2, 0.25) is 0 Å². The van der Waals surface area contributed by atoms with Crippen molar-refractivity contribution >= 4 is 5.82 Å². The van der Waals surface area contributed by atoms with E-state index in [1.165, 1.54) is 6.42 Å². The Bertz CT molecular complexity index is 501. The molecule has 0 radical (unpaired) electrons. The van der Waals surface area contributed by atoms with Crippen LogP contribution in [-0.4, -0.2) is 35.6 Å². The minimum Gasteiger partial charge on any atom is -0.356 e. The van der Waals surface area contributed by atoms with E-state index in [-0.39, 0.29) is 5.56 Å². The van der Waals surface area contributed by atoms with Crippen LogP contribution in [0.4, 0.5) is 5.82 Å². The molecule has 0 atom stereocenters. The van der Waals surface area contributed by atoms with Crippen molar-refractivity contribution in [1.29, 1.82) is 0 Å². The van der Waals surface area contributed by atoms with Crippen molar-refractivity contribution in [2.75, 3.05) is 24.5 Å². The molecule has 0 bridgehead atoms. The van der Waals surface area contributed by atoms with Crippen molar-refractivity contribution in [2.45, 2.75) is 51.0 Å². The lowest BCUT2D eigenvalue weighted by molar-refractivity contribution is 0.414. The monoisotopic (exact) mass is 276 g/mol. The standard InChI is InChI=1S/C15H24N4O/c1-2-7-16-12-5-8-19(9-6-12)13-10-14(20)18-15(17-13)11-3-4-11/h10-12,16H,2-9H2,1H3,(H,17,18,20). The van der Waals surface area contributed by atoms with Crippen molar-refractivity contribution in [3.05, 3.63) is 22.2 Å². The number of nitrogens with one attached hydrogen (secondary N) is 2. The number of H-pyrrole nitrogens is 1. The first-order valence-electron chi connectivity index (χ1n) is 7.86. The number of aromatic nitrogens is 2. The van der Waals surface area contributed by atoms with Crippen LogP contribution in [0.5, 0.6) is 0 Å². The molecule has 3 rings (SSSR count). The third kappa shape index (κ3) is 3.20. The highest BCUT2D eigenvalue weighted by molar-refractivity contribution is 5.38. The average molecular weight is 276 g/mol. The molecule has 5 nitrogen and oxygen atoms in total. The van der Waals surface area contributed by atoms with Crippen LogP contribution in [0, 0.1) is 0 Å². The second-order valence-corrected chi connectivity index (χ2v) is 5.98. The smallest absolute Gasteiger partial charge is 0.252 e. The summed E-state index contributed by atoms with van der Waals surface area (Å²) in [4.78, 5) is 21.5. The van der Waals surface area contributed by atoms with Gasteiger partial charge in [-0.2, -0.15) is 0 Å². The van der Waals surface area contributed by atoms with Gasteiger partial charge in [-0.15, -0.1) is 0 Å². The fourth-order valence-corrected chi connectivity index (χ4v) is 2.84. The van der Waals surface area contributed by atoms with Crippen LogP contribution >= 0.6 is 0 Å². The van der Waals surface area contributed by atoms with Crippen molar-refractivity contribution < 1.29 is 0 Å². The first-order chi connectivity index (χ1) is 9.76. The van der Waals surface area contributed by atoms with Gasteiger partial charge in [-0.05, 0) is 38.6 Å². The summed E-state index contributed by atoms with van der Waals surface area (Å²) in [5, 5.41) is 3.58. The maximum Gasteiger partial charge on any atom is 0.252 e. The van der Waals surface area contributed by atoms with Gasteiger partial charge in [0.1, 0.15) is 11.6 Å². The zero-order valence-corrected chi connectivity index (χ0v) is 12.2. The predicted octanol–water partition coefficient (Wildman–Crippen LogP) is 1.62. The lowest BCUT2D eigenvalue weighted by Gasteiger charge is -2.33. The van der Waals surface area contributed by atoms with Gasteiger partial charge in [0.05, 0.1) is 0 Å². The summed E-state index contributed by atoms with van der Waals surface area (Å²) in [6, 6.07) is 2.27. The summed E-state index contributed by atoms with van der Waals surface area (Å²) in [6.45, 7) is 5.27. The molecule has 1 aromatic heterocycles. The van der Waals surface area contributed by atoms with Gasteiger partial charge in [0.25, 0.3) is 5.56 Å². The second kappa shape index (κ2) is 5.95. The van der Waals surface area contributed by atoms with E-state index in [0.29, 0.717) is 12.0 Å². The summed E-state index contributed by atoms with van der Waals surface area (Å²) in [5.74, 6) is 2.25. The van der Waals surface area contributed by atoms with E-state index >= 15 is 0 Å². The molecule has 2 fully saturated rings. The van der Waals surface area contributed by atoms with Gasteiger partial charge in [0.15, 0.2) is 0 Å². The van der Waals surface area contributed by atoms with E-state index in [4.69, 9.17) is 0 Å². The largest absolute Gasteiger partial charge is 0.356 e. The van der Waals surface area contributed by atoms with E-state index in [9.17, 15) is 4.79 Å². The Hall–Kier alpha value is -1.36. The number of hydrogen-bond donors (Lipinski definition) is 2. The van der Waals surface area contributed by atoms with Crippen molar-refractivity contribution in [1.82, 2.24) is 15.3 Å². The molecule has 0 spiro atoms. The molecule has 2 aliphatic rings. The lowest BCUT2D eigenvalue weighted by Crippen LogP contribution is -2.43. The number of nitrogens with zero attached hydrogens (tertiary/aromatic N) is 2. The summed E-state index contributed by atoms with van der Waals surface area (Å²) in [7, 11) is 0. The molecule has 1 saturated heterocycles. The molecule has 0 amide bonds. The molecule has 1 aliphatic carbocycles. The molecule has 5 heteroatoms. The molecule has 1 aliphatic heterocycles. The van der Waals surface area contributed by atoms with Crippen molar-refractivity contribution in [2.24, 2.45) is 0 Å². The Morgan fingerprint density at radius 3 is 2.75 bits per heavy atom. The van der Waals surface area contributed by atoms with Crippen LogP contribution in [0.1, 0.15) is 50.8 Å². The van der Waals surface area contributed by atoms with E-state index in [1.54, 1.807) is 6.07 Å². The van der Waals surface area contributed by atoms with Gasteiger partial charge in [-0.25, -0.2) is 4.98 Å². The van der Waals surface area contributed by atoms with Gasteiger partial charge in [-0.1, -0.05) is 6.92 Å². The average Bonchev–Trinajstić information content (AvgIpc) is 3.29. The normalized spacial score (nSPS) is 20.4. The Morgan fingerprint density at radius 1 is 1.35 bits per heavy atom. The number of anilines is 1. The van der Waals surface area contributed by atoms with E-state index in [2.05, 4.69) is 27.1 Å². The summed E-state index contributed by atoms with van der Waals surface area (Å²) < 4.78 is 0. The summed E-state index contributed by atoms with van der Waals surface area (Å²) >= 11 is 0. The number of piperidine rings is 1. The SMILES string of the molecule is CCCNC1CCN(c2cc(=O)[nH]c(C3CC3)n2)CC1. The molecule has 1 aromatic rings. The topological polar surface area (TPSA) is 61.0 Å². The molecule has 2 heterocycles. The molecule has 0 unspecified atom stereocenters. The highest BCUT2D eigenvalue weighted by Gasteiger charge is 2.27. The van der Waals surface area contributed by atoms with Crippen molar-refractivity contribution in [3.8, 4) is 0 Å². The van der Waals surface area contributed by atoms with Crippen LogP contribution in [0.3, 0.4) is 0 Å². The van der Waals surface area contributed by atoms with Crippen LogP contribution in [0.25, 0.3) is 0 Å². The molecular formula is C15H24N4O. The Morgan fingerprint density at radius 2 is 2.10 bits per heavy atom. The van der Waals surface area contributed by atoms with Crippen molar-refractivity contribution in [3.63, 3.8) is 0 Å². The minimum atomic E-state index is -0.0110. The highest BCUT2D eigenvalue weighted by Crippen LogP contribution is 2.38. The third-order valence-corrected chi connectivity index (χ3v) is 4.21. The predicted molar refractivity (Wildman–Crippen MR) is 80.4 cm³/mol. The van der Waals surface area contributed by atoms with Gasteiger partial charge in [-0.3, -0.25) is 4.79 Å². The highest BCUT2D eigenvalue weighted by atomic mass is 16.1. The first-order valence-corrected chi connectivity index (χ1v) is 7.86. The van der Waals surface area contributed by atoms with E-state index in [1.807, 2.05) is 0 Å². The fraction of sp³-hybridized carbons (Fsp3) is 0.733. The zero-order valence-electron chi connectivity index (χ0n) is 12.2. The number of aromatic amines is 1. The maximum atomic E-state index is 11.8. The fourth-order valence-electron chi connectivity index (χ4n) is 2.84. The van der Waals surface area contributed by atoms with E-state index in [0.717, 1.165) is 57.0 Å². The zero-order chi connectivity index (χ0) is 13.9. The molecule has 20 heavy (non-hydrogen) atoms. The Labute approximate surface area is 119 Å². The Balaban J connectivity index is 1.64. The third-order valence-electron chi connectivity index (χ3n) is 4.21. The summed E-state index contributed by atoms with van der Waals surface area (Å²) in [6.07, 6.45) is 5.77. The molecule has 2 N–H and O–H groups in total. The first kappa shape index (κ1) is 13.6. The minimum absolute atomic E-state index is 0.0110. The molecule has 0 aromatic carbocycles. The molecule has 1 saturated carbocycles. The van der Waals surface area contributed by atoms with Gasteiger partial charge in [0, 0.05) is 31.1 Å². The second-order valence-electron chi connectivity index (χ2n) is 5.98. The number of rotatable bonds is 5. The van der Waals surface area contributed by atoms with E-state index < -0.39 is 0 Å². The van der Waals surface area contributed by atoms with Crippen LogP contribution in [-0.2, 0) is 0 Å². The maximum absolute atomic E-state index is 11.8. The number of hydrogen-bond acceptors (Lipinski definition) is 4. The van der Waals surface area contributed by atoms with Gasteiger partial charge < -0.3 is 15.2 Å². The Kier molecular flexibility index (Phi) is 4.05. The quantitative estimate of drug-likeness (QED) is 0.858. The molecular weight excluding hydrogens is 252 g/mol. The summed E-state index contributed by atoms with van der Waals surface area (Å²) in [5.41, 5.74) is -0.0110. The lowest BCUT2D eigenvalue weighted by atomic mass is 10.0. The van der Waals surface area contributed by atoms with Crippen LogP contribution in [0.15, 0.2) is 10.9 Å². The van der Waals surface area contributed by atoms with Crippen LogP contribution < -0.4 is 15.8 Å².